The Labute approximate surface area is 125 Å². The molecule has 21 heavy (non-hydrogen) atoms. The Balaban J connectivity index is 2.37. The Hall–Kier alpha value is -2.12. The lowest BCUT2D eigenvalue weighted by Gasteiger charge is -2.09. The van der Waals surface area contributed by atoms with Gasteiger partial charge >= 0.3 is 5.69 Å². The van der Waals surface area contributed by atoms with Gasteiger partial charge < -0.3 is 14.6 Å². The van der Waals surface area contributed by atoms with Crippen LogP contribution in [0.1, 0.15) is 24.8 Å². The molecule has 1 aromatic heterocycles. The number of rotatable bonds is 6. The van der Waals surface area contributed by atoms with Crippen molar-refractivity contribution in [2.24, 2.45) is 0 Å². The molecule has 0 spiro atoms. The molecule has 2 rings (SSSR count). The number of para-hydroxylation sites is 2. The highest BCUT2D eigenvalue weighted by atomic mass is 32.1. The first-order valence-electron chi connectivity index (χ1n) is 6.38. The number of ether oxygens (including phenoxy) is 2. The summed E-state index contributed by atoms with van der Waals surface area (Å²) < 4.78 is 11.1. The van der Waals surface area contributed by atoms with Crippen molar-refractivity contribution in [3.8, 4) is 16.6 Å². The van der Waals surface area contributed by atoms with Crippen molar-refractivity contribution in [2.45, 2.75) is 20.0 Å². The van der Waals surface area contributed by atoms with Crippen LogP contribution in [0.3, 0.4) is 0 Å². The van der Waals surface area contributed by atoms with Gasteiger partial charge in [0.2, 0.25) is 0 Å². The number of nitrogens with zero attached hydrogens (tertiary/aromatic N) is 1. The van der Waals surface area contributed by atoms with E-state index in [0.717, 1.165) is 11.3 Å². The molecular weight excluding hydrogens is 294 g/mol. The van der Waals surface area contributed by atoms with Gasteiger partial charge in [0.05, 0.1) is 17.6 Å². The summed E-state index contributed by atoms with van der Waals surface area (Å²) in [6.45, 7) is 3.86. The summed E-state index contributed by atoms with van der Waals surface area (Å²) in [4.78, 5) is 11.0. The number of aliphatic hydroxyl groups is 1. The van der Waals surface area contributed by atoms with E-state index in [0.29, 0.717) is 23.0 Å². The average Bonchev–Trinajstić information content (AvgIpc) is 2.85. The van der Waals surface area contributed by atoms with Gasteiger partial charge in [0.25, 0.3) is 5.06 Å². The number of nitro groups is 1. The molecule has 0 fully saturated rings. The molecule has 1 atom stereocenters. The normalized spacial score (nSPS) is 12.0. The van der Waals surface area contributed by atoms with Gasteiger partial charge in [0.1, 0.15) is 0 Å². The number of hydrogen-bond donors (Lipinski definition) is 1. The predicted molar refractivity (Wildman–Crippen MR) is 79.3 cm³/mol. The van der Waals surface area contributed by atoms with Gasteiger partial charge in [0.15, 0.2) is 11.5 Å². The molecule has 0 bridgehead atoms. The molecule has 0 radical (unpaired) electrons. The van der Waals surface area contributed by atoms with E-state index in [1.165, 1.54) is 6.07 Å². The summed E-state index contributed by atoms with van der Waals surface area (Å²) in [6, 6.07) is 8.28. The number of hydrogen-bond acceptors (Lipinski definition) is 6. The molecule has 0 aliphatic heterocycles. The minimum atomic E-state index is -0.784. The van der Waals surface area contributed by atoms with Crippen LogP contribution < -0.4 is 9.47 Å². The highest BCUT2D eigenvalue weighted by Crippen LogP contribution is 2.43. The standard InChI is InChI=1S/C14H15NO5S/c1-3-19-11-6-4-5-7-12(11)20-14-10(15(17)18)8-13(21-14)9(2)16/h4-9,16H,3H2,1-2H3. The van der Waals surface area contributed by atoms with E-state index in [1.54, 1.807) is 31.2 Å². The zero-order chi connectivity index (χ0) is 15.4. The fourth-order valence-electron chi connectivity index (χ4n) is 1.70. The lowest BCUT2D eigenvalue weighted by molar-refractivity contribution is -0.385. The molecule has 6 nitrogen and oxygen atoms in total. The van der Waals surface area contributed by atoms with Crippen LogP contribution in [0, 0.1) is 10.1 Å². The van der Waals surface area contributed by atoms with Gasteiger partial charge in [-0.25, -0.2) is 0 Å². The molecule has 0 aliphatic carbocycles. The first kappa shape index (κ1) is 15.3. The first-order chi connectivity index (χ1) is 10.0. The summed E-state index contributed by atoms with van der Waals surface area (Å²) >= 11 is 1.05. The van der Waals surface area contributed by atoms with Crippen molar-refractivity contribution in [1.82, 2.24) is 0 Å². The van der Waals surface area contributed by atoms with E-state index < -0.39 is 11.0 Å². The average molecular weight is 309 g/mol. The summed E-state index contributed by atoms with van der Waals surface area (Å²) in [5.41, 5.74) is -0.165. The maximum absolute atomic E-state index is 11.1. The fraction of sp³-hybridized carbons (Fsp3) is 0.286. The molecule has 1 heterocycles. The summed E-state index contributed by atoms with van der Waals surface area (Å²) in [5.74, 6) is 0.919. The summed E-state index contributed by atoms with van der Waals surface area (Å²) in [5, 5.41) is 20.8. The second-order valence-corrected chi connectivity index (χ2v) is 5.28. The zero-order valence-corrected chi connectivity index (χ0v) is 12.4. The third-order valence-electron chi connectivity index (χ3n) is 2.66. The maximum atomic E-state index is 11.1. The van der Waals surface area contributed by atoms with Gasteiger partial charge in [-0.3, -0.25) is 10.1 Å². The van der Waals surface area contributed by atoms with E-state index in [4.69, 9.17) is 9.47 Å². The van der Waals surface area contributed by atoms with E-state index in [-0.39, 0.29) is 10.8 Å². The topological polar surface area (TPSA) is 81.8 Å². The van der Waals surface area contributed by atoms with Crippen LogP contribution in [-0.4, -0.2) is 16.6 Å². The van der Waals surface area contributed by atoms with Crippen LogP contribution in [0.4, 0.5) is 5.69 Å². The molecule has 1 N–H and O–H groups in total. The largest absolute Gasteiger partial charge is 0.490 e. The Morgan fingerprint density at radius 2 is 2.05 bits per heavy atom. The van der Waals surface area contributed by atoms with Gasteiger partial charge in [-0.2, -0.15) is 0 Å². The van der Waals surface area contributed by atoms with Crippen molar-refractivity contribution < 1.29 is 19.5 Å². The zero-order valence-electron chi connectivity index (χ0n) is 11.6. The lowest BCUT2D eigenvalue weighted by Crippen LogP contribution is -1.95. The van der Waals surface area contributed by atoms with Crippen LogP contribution in [-0.2, 0) is 0 Å². The lowest BCUT2D eigenvalue weighted by atomic mass is 10.3. The second-order valence-electron chi connectivity index (χ2n) is 4.24. The van der Waals surface area contributed by atoms with Crippen LogP contribution in [0.15, 0.2) is 30.3 Å². The van der Waals surface area contributed by atoms with E-state index in [2.05, 4.69) is 0 Å². The van der Waals surface area contributed by atoms with E-state index >= 15 is 0 Å². The molecule has 0 saturated carbocycles. The van der Waals surface area contributed by atoms with Gasteiger partial charge in [-0.1, -0.05) is 23.5 Å². The van der Waals surface area contributed by atoms with Crippen molar-refractivity contribution in [2.75, 3.05) is 6.61 Å². The van der Waals surface area contributed by atoms with E-state index in [9.17, 15) is 15.2 Å². The third kappa shape index (κ3) is 3.50. The van der Waals surface area contributed by atoms with Crippen LogP contribution in [0.25, 0.3) is 0 Å². The first-order valence-corrected chi connectivity index (χ1v) is 7.20. The highest BCUT2D eigenvalue weighted by molar-refractivity contribution is 7.14. The van der Waals surface area contributed by atoms with Gasteiger partial charge in [-0.15, -0.1) is 0 Å². The number of aliphatic hydroxyl groups excluding tert-OH is 1. The summed E-state index contributed by atoms with van der Waals surface area (Å²) in [7, 11) is 0. The van der Waals surface area contributed by atoms with Crippen molar-refractivity contribution in [1.29, 1.82) is 0 Å². The smallest absolute Gasteiger partial charge is 0.323 e. The number of thiophene rings is 1. The SMILES string of the molecule is CCOc1ccccc1Oc1sc(C(C)O)cc1[N+](=O)[O-]. The Morgan fingerprint density at radius 3 is 2.62 bits per heavy atom. The van der Waals surface area contributed by atoms with Crippen LogP contribution in [0.2, 0.25) is 0 Å². The maximum Gasteiger partial charge on any atom is 0.323 e. The summed E-state index contributed by atoms with van der Waals surface area (Å²) in [6.07, 6.45) is -0.784. The Bertz CT molecular complexity index is 638. The fourth-order valence-corrected chi connectivity index (χ4v) is 2.62. The van der Waals surface area contributed by atoms with E-state index in [1.807, 2.05) is 6.92 Å². The molecule has 1 aromatic carbocycles. The second kappa shape index (κ2) is 6.55. The minimum Gasteiger partial charge on any atom is -0.490 e. The highest BCUT2D eigenvalue weighted by Gasteiger charge is 2.23. The molecule has 0 amide bonds. The van der Waals surface area contributed by atoms with Gasteiger partial charge in [-0.05, 0) is 26.0 Å². The van der Waals surface area contributed by atoms with Gasteiger partial charge in [0, 0.05) is 10.9 Å². The Morgan fingerprint density at radius 1 is 1.38 bits per heavy atom. The van der Waals surface area contributed by atoms with Crippen molar-refractivity contribution in [3.63, 3.8) is 0 Å². The molecule has 0 aliphatic rings. The molecule has 112 valence electrons. The predicted octanol–water partition coefficient (Wildman–Crippen LogP) is 3.90. The molecule has 0 saturated heterocycles. The van der Waals surface area contributed by atoms with Crippen LogP contribution >= 0.6 is 11.3 Å². The third-order valence-corrected chi connectivity index (χ3v) is 3.83. The van der Waals surface area contributed by atoms with Crippen molar-refractivity contribution >= 4 is 17.0 Å². The minimum absolute atomic E-state index is 0.128. The monoisotopic (exact) mass is 309 g/mol. The quantitative estimate of drug-likeness (QED) is 0.646. The molecular formula is C14H15NO5S. The molecule has 1 unspecified atom stereocenters. The van der Waals surface area contributed by atoms with Crippen molar-refractivity contribution in [3.05, 3.63) is 45.3 Å². The number of benzene rings is 1. The Kier molecular flexibility index (Phi) is 4.77. The van der Waals surface area contributed by atoms with Crippen LogP contribution in [0.5, 0.6) is 16.6 Å². The molecule has 7 heteroatoms. The molecule has 2 aromatic rings.